The quantitative estimate of drug-likeness (QED) is 0.803. The molecule has 1 aromatic heterocycles. The molecule has 3 rings (SSSR count). The number of hydrogen-bond donors (Lipinski definition) is 2. The fraction of sp³-hybridized carbons (Fsp3) is 0.188. The molecule has 7 nitrogen and oxygen atoms in total. The van der Waals surface area contributed by atoms with Crippen LogP contribution in [0.15, 0.2) is 42.7 Å². The molecule has 2 amide bonds. The van der Waals surface area contributed by atoms with Gasteiger partial charge in [-0.15, -0.1) is 0 Å². The van der Waals surface area contributed by atoms with Gasteiger partial charge in [-0.2, -0.15) is 4.57 Å². The van der Waals surface area contributed by atoms with E-state index in [4.69, 9.17) is 15.2 Å². The highest BCUT2D eigenvalue weighted by molar-refractivity contribution is 5.92. The Morgan fingerprint density at radius 2 is 1.96 bits per heavy atom. The number of benzene rings is 1. The van der Waals surface area contributed by atoms with Crippen LogP contribution in [0.4, 0.5) is 5.69 Å². The average Bonchev–Trinajstić information content (AvgIpc) is 2.55. The van der Waals surface area contributed by atoms with Gasteiger partial charge in [0.15, 0.2) is 23.9 Å². The summed E-state index contributed by atoms with van der Waals surface area (Å²) >= 11 is 0. The van der Waals surface area contributed by atoms with Crippen LogP contribution in [-0.4, -0.2) is 25.0 Å². The molecule has 0 saturated heterocycles. The molecule has 0 saturated carbocycles. The third kappa shape index (κ3) is 3.57. The number of nitrogens with one attached hydrogen (secondary N) is 1. The lowest BCUT2D eigenvalue weighted by molar-refractivity contribution is -0.684. The summed E-state index contributed by atoms with van der Waals surface area (Å²) in [5, 5.41) is 2.78. The lowest BCUT2D eigenvalue weighted by atomic mass is 10.2. The fourth-order valence-corrected chi connectivity index (χ4v) is 2.25. The van der Waals surface area contributed by atoms with Gasteiger partial charge in [-0.1, -0.05) is 0 Å². The van der Waals surface area contributed by atoms with Gasteiger partial charge in [-0.3, -0.25) is 9.59 Å². The summed E-state index contributed by atoms with van der Waals surface area (Å²) in [7, 11) is 0. The van der Waals surface area contributed by atoms with Crippen molar-refractivity contribution in [2.45, 2.75) is 6.54 Å². The van der Waals surface area contributed by atoms with E-state index in [1.807, 2.05) is 0 Å². The van der Waals surface area contributed by atoms with Crippen molar-refractivity contribution in [2.24, 2.45) is 5.73 Å². The van der Waals surface area contributed by atoms with Gasteiger partial charge in [-0.25, -0.2) is 0 Å². The van der Waals surface area contributed by atoms with Crippen molar-refractivity contribution in [1.29, 1.82) is 0 Å². The summed E-state index contributed by atoms with van der Waals surface area (Å²) in [6, 6.07) is 8.48. The molecule has 1 aliphatic heterocycles. The number of nitrogens with two attached hydrogens (primary N) is 1. The molecule has 2 aromatic rings. The van der Waals surface area contributed by atoms with Crippen molar-refractivity contribution in [3.63, 3.8) is 0 Å². The summed E-state index contributed by atoms with van der Waals surface area (Å²) in [5.41, 5.74) is 6.19. The molecule has 3 N–H and O–H groups in total. The zero-order valence-corrected chi connectivity index (χ0v) is 12.3. The van der Waals surface area contributed by atoms with Crippen LogP contribution in [0.3, 0.4) is 0 Å². The van der Waals surface area contributed by atoms with Gasteiger partial charge in [0.05, 0.1) is 0 Å². The minimum absolute atomic E-state index is 0.0650. The minimum atomic E-state index is -0.536. The standard InChI is InChI=1S/C16H15N3O4/c17-16(21)11-2-1-5-19(9-11)10-15(20)18-12-3-4-13-14(8-12)23-7-6-22-13/h1-5,8-9H,6-7,10H2,(H2-,17,18,20,21)/p+1. The van der Waals surface area contributed by atoms with E-state index < -0.39 is 5.91 Å². The molecule has 0 fully saturated rings. The summed E-state index contributed by atoms with van der Waals surface area (Å²) in [6.07, 6.45) is 3.22. The van der Waals surface area contributed by atoms with Crippen LogP contribution in [0, 0.1) is 0 Å². The van der Waals surface area contributed by atoms with E-state index in [0.29, 0.717) is 36.0 Å². The summed E-state index contributed by atoms with van der Waals surface area (Å²) in [5.74, 6) is 0.509. The number of fused-ring (bicyclic) bond motifs is 1. The van der Waals surface area contributed by atoms with Gasteiger partial charge in [0, 0.05) is 17.8 Å². The molecule has 1 aromatic carbocycles. The smallest absolute Gasteiger partial charge is 0.290 e. The van der Waals surface area contributed by atoms with Crippen molar-refractivity contribution in [3.8, 4) is 11.5 Å². The SMILES string of the molecule is NC(=O)c1ccc[n+](CC(=O)Nc2ccc3c(c2)OCCO3)c1. The number of carbonyl (C=O) groups excluding carboxylic acids is 2. The fourth-order valence-electron chi connectivity index (χ4n) is 2.25. The van der Waals surface area contributed by atoms with Crippen LogP contribution in [0.5, 0.6) is 11.5 Å². The van der Waals surface area contributed by atoms with Gasteiger partial charge < -0.3 is 20.5 Å². The van der Waals surface area contributed by atoms with E-state index in [2.05, 4.69) is 5.32 Å². The Bertz CT molecular complexity index is 761. The second-order valence-corrected chi connectivity index (χ2v) is 5.04. The maximum Gasteiger partial charge on any atom is 0.290 e. The summed E-state index contributed by atoms with van der Waals surface area (Å²) < 4.78 is 12.5. The molecule has 118 valence electrons. The van der Waals surface area contributed by atoms with Crippen LogP contribution < -0.4 is 25.1 Å². The number of primary amides is 1. The van der Waals surface area contributed by atoms with Gasteiger partial charge in [-0.05, 0) is 18.2 Å². The Labute approximate surface area is 132 Å². The molecule has 0 aliphatic carbocycles. The maximum atomic E-state index is 12.1. The molecule has 7 heteroatoms. The van der Waals surface area contributed by atoms with Crippen LogP contribution >= 0.6 is 0 Å². The van der Waals surface area contributed by atoms with Crippen LogP contribution in [0.1, 0.15) is 10.4 Å². The first kappa shape index (κ1) is 14.8. The number of amides is 2. The predicted octanol–water partition coefficient (Wildman–Crippen LogP) is 0.483. The number of pyridine rings is 1. The van der Waals surface area contributed by atoms with Gasteiger partial charge >= 0.3 is 0 Å². The highest BCUT2D eigenvalue weighted by Crippen LogP contribution is 2.32. The van der Waals surface area contributed by atoms with Crippen LogP contribution in [-0.2, 0) is 11.3 Å². The van der Waals surface area contributed by atoms with Crippen LogP contribution in [0.25, 0.3) is 0 Å². The number of rotatable bonds is 4. The molecule has 0 bridgehead atoms. The number of aromatic nitrogens is 1. The third-order valence-corrected chi connectivity index (χ3v) is 3.29. The normalized spacial score (nSPS) is 12.5. The summed E-state index contributed by atoms with van der Waals surface area (Å²) in [4.78, 5) is 23.3. The van der Waals surface area contributed by atoms with Gasteiger partial charge in [0.1, 0.15) is 18.8 Å². The van der Waals surface area contributed by atoms with Crippen LogP contribution in [0.2, 0.25) is 0 Å². The Hall–Kier alpha value is -3.09. The van der Waals surface area contributed by atoms with Gasteiger partial charge in [0.2, 0.25) is 6.54 Å². The summed E-state index contributed by atoms with van der Waals surface area (Å²) in [6.45, 7) is 1.07. The zero-order chi connectivity index (χ0) is 16.2. The van der Waals surface area contributed by atoms with E-state index in [1.165, 1.54) is 6.20 Å². The Balaban J connectivity index is 1.67. The molecule has 0 radical (unpaired) electrons. The van der Waals surface area contributed by atoms with E-state index >= 15 is 0 Å². The maximum absolute atomic E-state index is 12.1. The number of nitrogens with zero attached hydrogens (tertiary/aromatic N) is 1. The topological polar surface area (TPSA) is 94.5 Å². The van der Waals surface area contributed by atoms with Crippen molar-refractivity contribution in [3.05, 3.63) is 48.3 Å². The molecule has 2 heterocycles. The zero-order valence-electron chi connectivity index (χ0n) is 12.3. The van der Waals surface area contributed by atoms with Crippen molar-refractivity contribution in [1.82, 2.24) is 0 Å². The largest absolute Gasteiger partial charge is 0.486 e. The number of hydrogen-bond acceptors (Lipinski definition) is 4. The first-order valence-electron chi connectivity index (χ1n) is 7.10. The molecule has 23 heavy (non-hydrogen) atoms. The van der Waals surface area contributed by atoms with Crippen molar-refractivity contribution >= 4 is 17.5 Å². The third-order valence-electron chi connectivity index (χ3n) is 3.29. The molecule has 1 aliphatic rings. The highest BCUT2D eigenvalue weighted by Gasteiger charge is 2.15. The van der Waals surface area contributed by atoms with E-state index in [-0.39, 0.29) is 12.5 Å². The first-order chi connectivity index (χ1) is 11.1. The van der Waals surface area contributed by atoms with E-state index in [9.17, 15) is 9.59 Å². The number of ether oxygens (including phenoxy) is 2. The lowest BCUT2D eigenvalue weighted by Gasteiger charge is -2.18. The second kappa shape index (κ2) is 6.35. The molecular formula is C16H16N3O4+. The predicted molar refractivity (Wildman–Crippen MR) is 81.2 cm³/mol. The molecular weight excluding hydrogens is 298 g/mol. The van der Waals surface area contributed by atoms with Crippen molar-refractivity contribution in [2.75, 3.05) is 18.5 Å². The number of anilines is 1. The second-order valence-electron chi connectivity index (χ2n) is 5.04. The average molecular weight is 314 g/mol. The Morgan fingerprint density at radius 1 is 1.17 bits per heavy atom. The molecule has 0 unspecified atom stereocenters. The highest BCUT2D eigenvalue weighted by atomic mass is 16.6. The lowest BCUT2D eigenvalue weighted by Crippen LogP contribution is -2.40. The Kier molecular flexibility index (Phi) is 4.09. The molecule has 0 spiro atoms. The first-order valence-corrected chi connectivity index (χ1v) is 7.10. The molecule has 0 atom stereocenters. The number of carbonyl (C=O) groups is 2. The van der Waals surface area contributed by atoms with E-state index in [1.54, 1.807) is 41.1 Å². The van der Waals surface area contributed by atoms with Gasteiger partial charge in [0.25, 0.3) is 11.8 Å². The Morgan fingerprint density at radius 3 is 2.74 bits per heavy atom. The van der Waals surface area contributed by atoms with E-state index in [0.717, 1.165) is 0 Å². The van der Waals surface area contributed by atoms with Crippen molar-refractivity contribution < 1.29 is 23.6 Å². The minimum Gasteiger partial charge on any atom is -0.486 e. The monoisotopic (exact) mass is 314 g/mol.